The molecule has 1 N–H and O–H groups in total. The molecule has 3 rings (SSSR count). The number of nitrogens with one attached hydrogen (secondary N) is 1. The third-order valence-corrected chi connectivity index (χ3v) is 6.79. The van der Waals surface area contributed by atoms with E-state index in [1.165, 1.54) is 35.1 Å². The molecule has 1 atom stereocenters. The molecule has 1 aliphatic heterocycles. The van der Waals surface area contributed by atoms with E-state index in [-0.39, 0.29) is 0 Å². The summed E-state index contributed by atoms with van der Waals surface area (Å²) in [6.45, 7) is 19.5. The number of nitrogens with zero attached hydrogens (tertiary/aromatic N) is 2. The molecule has 0 saturated heterocycles. The van der Waals surface area contributed by atoms with Crippen molar-refractivity contribution < 1.29 is 0 Å². The molecule has 3 heteroatoms. The fraction of sp³-hybridized carbons (Fsp3) is 0.419. The van der Waals surface area contributed by atoms with Crippen LogP contribution in [0.2, 0.25) is 0 Å². The van der Waals surface area contributed by atoms with Gasteiger partial charge in [0, 0.05) is 24.9 Å². The largest absolute Gasteiger partial charge is 0.316 e. The van der Waals surface area contributed by atoms with Crippen molar-refractivity contribution in [2.45, 2.75) is 53.4 Å². The van der Waals surface area contributed by atoms with E-state index in [0.29, 0.717) is 17.4 Å². The van der Waals surface area contributed by atoms with Crippen LogP contribution >= 0.6 is 0 Å². The normalized spacial score (nSPS) is 22.0. The predicted molar refractivity (Wildman–Crippen MR) is 146 cm³/mol. The smallest absolute Gasteiger partial charge is 0.0991 e. The minimum atomic E-state index is 0.462. The molecule has 3 nitrogen and oxygen atoms in total. The summed E-state index contributed by atoms with van der Waals surface area (Å²) in [5, 5.41) is 13.0. The second-order valence-corrected chi connectivity index (χ2v) is 9.86. The molecular weight excluding hydrogens is 414 g/mol. The standard InChI is InChI=1S/C31H39N3/c1-20(2)30(27-9-8-14-34-19-21(3)15-27)31(24(6)33-7)29(26-12-13-26)16-23(5)28-17-25(18-32)11-10-22(28)4/h10-11,15-17,21,26,34H,1,5,8-9,12-14,19H2,2-4,6-7H3/b27-15-,29-16-,31-30-,33-24-/t21-/m1/s1. The Kier molecular flexibility index (Phi) is 8.64. The Morgan fingerprint density at radius 2 is 1.97 bits per heavy atom. The van der Waals surface area contributed by atoms with Gasteiger partial charge in [-0.1, -0.05) is 43.9 Å². The molecule has 1 heterocycles. The van der Waals surface area contributed by atoms with E-state index in [9.17, 15) is 5.26 Å². The zero-order chi connectivity index (χ0) is 24.8. The average Bonchev–Trinajstić information content (AvgIpc) is 3.63. The van der Waals surface area contributed by atoms with Crippen molar-refractivity contribution >= 4 is 11.3 Å². The first kappa shape index (κ1) is 25.7. The van der Waals surface area contributed by atoms with Gasteiger partial charge in [0.25, 0.3) is 0 Å². The molecule has 1 aromatic rings. The first-order chi connectivity index (χ1) is 16.3. The van der Waals surface area contributed by atoms with Crippen molar-refractivity contribution in [3.63, 3.8) is 0 Å². The summed E-state index contributed by atoms with van der Waals surface area (Å²) in [6, 6.07) is 8.09. The number of hydrogen-bond donors (Lipinski definition) is 1. The molecule has 0 bridgehead atoms. The lowest BCUT2D eigenvalue weighted by Crippen LogP contribution is -2.24. The molecule has 1 saturated carbocycles. The van der Waals surface area contributed by atoms with Crippen molar-refractivity contribution in [3.05, 3.63) is 88.1 Å². The lowest BCUT2D eigenvalue weighted by molar-refractivity contribution is 0.558. The first-order valence-corrected chi connectivity index (χ1v) is 12.4. The lowest BCUT2D eigenvalue weighted by atomic mass is 9.82. The fourth-order valence-corrected chi connectivity index (χ4v) is 4.81. The summed E-state index contributed by atoms with van der Waals surface area (Å²) < 4.78 is 0. The van der Waals surface area contributed by atoms with Crippen molar-refractivity contribution in [2.24, 2.45) is 16.8 Å². The van der Waals surface area contributed by atoms with Gasteiger partial charge in [0.05, 0.1) is 11.6 Å². The first-order valence-electron chi connectivity index (χ1n) is 12.4. The average molecular weight is 454 g/mol. The maximum absolute atomic E-state index is 9.41. The Labute approximate surface area is 206 Å². The van der Waals surface area contributed by atoms with Crippen molar-refractivity contribution in [1.29, 1.82) is 5.26 Å². The molecule has 2 aliphatic rings. The Hall–Kier alpha value is -2.96. The minimum Gasteiger partial charge on any atom is -0.316 e. The summed E-state index contributed by atoms with van der Waals surface area (Å²) in [6.07, 6.45) is 9.18. The van der Waals surface area contributed by atoms with E-state index in [0.717, 1.165) is 53.9 Å². The second-order valence-electron chi connectivity index (χ2n) is 9.86. The van der Waals surface area contributed by atoms with Gasteiger partial charge >= 0.3 is 0 Å². The zero-order valence-corrected chi connectivity index (χ0v) is 21.6. The summed E-state index contributed by atoms with van der Waals surface area (Å²) in [5.41, 5.74) is 11.1. The molecule has 1 aromatic carbocycles. The van der Waals surface area contributed by atoms with E-state index in [1.54, 1.807) is 0 Å². The predicted octanol–water partition coefficient (Wildman–Crippen LogP) is 7.13. The minimum absolute atomic E-state index is 0.462. The highest BCUT2D eigenvalue weighted by Gasteiger charge is 2.32. The third-order valence-electron chi connectivity index (χ3n) is 6.79. The molecule has 0 aromatic heterocycles. The molecule has 1 aliphatic carbocycles. The number of aryl methyl sites for hydroxylation is 1. The van der Waals surface area contributed by atoms with Crippen LogP contribution in [0.1, 0.15) is 63.1 Å². The van der Waals surface area contributed by atoms with Gasteiger partial charge in [0.1, 0.15) is 0 Å². The van der Waals surface area contributed by atoms with Crippen LogP contribution < -0.4 is 5.32 Å². The molecule has 0 amide bonds. The van der Waals surface area contributed by atoms with Crippen LogP contribution in [0.15, 0.2) is 76.4 Å². The highest BCUT2D eigenvalue weighted by Crippen LogP contribution is 2.45. The Balaban J connectivity index is 2.23. The molecule has 178 valence electrons. The van der Waals surface area contributed by atoms with Crippen molar-refractivity contribution in [1.82, 2.24) is 5.32 Å². The topological polar surface area (TPSA) is 48.2 Å². The third kappa shape index (κ3) is 6.13. The van der Waals surface area contributed by atoms with Gasteiger partial charge in [-0.15, -0.1) is 0 Å². The van der Waals surface area contributed by atoms with Gasteiger partial charge in [0.2, 0.25) is 0 Å². The Bertz CT molecular complexity index is 1130. The SMILES string of the molecule is C=C(C)C(/C1=C\[C@@H](C)CNCCC1)=C(C(=C\C(=C)c1cc(C#N)ccc1C)/C1CC1)\C(C)=N/C. The Morgan fingerprint density at radius 1 is 1.24 bits per heavy atom. The number of nitriles is 1. The molecular formula is C31H39N3. The summed E-state index contributed by atoms with van der Waals surface area (Å²) in [7, 11) is 1.88. The van der Waals surface area contributed by atoms with Crippen LogP contribution in [0.5, 0.6) is 0 Å². The number of benzene rings is 1. The lowest BCUT2D eigenvalue weighted by Gasteiger charge is -2.24. The summed E-state index contributed by atoms with van der Waals surface area (Å²) in [4.78, 5) is 4.67. The highest BCUT2D eigenvalue weighted by atomic mass is 14.8. The van der Waals surface area contributed by atoms with Crippen LogP contribution in [-0.4, -0.2) is 25.8 Å². The monoisotopic (exact) mass is 453 g/mol. The van der Waals surface area contributed by atoms with Gasteiger partial charge in [-0.25, -0.2) is 0 Å². The van der Waals surface area contributed by atoms with Gasteiger partial charge < -0.3 is 5.32 Å². The fourth-order valence-electron chi connectivity index (χ4n) is 4.81. The number of aliphatic imine (C=N–C) groups is 1. The van der Waals surface area contributed by atoms with Crippen molar-refractivity contribution in [3.8, 4) is 6.07 Å². The van der Waals surface area contributed by atoms with E-state index >= 15 is 0 Å². The van der Waals surface area contributed by atoms with Crippen LogP contribution in [0.25, 0.3) is 5.57 Å². The maximum atomic E-state index is 9.41. The summed E-state index contributed by atoms with van der Waals surface area (Å²) in [5.74, 6) is 0.968. The van der Waals surface area contributed by atoms with Crippen molar-refractivity contribution in [2.75, 3.05) is 20.1 Å². The van der Waals surface area contributed by atoms with Crippen LogP contribution in [-0.2, 0) is 0 Å². The van der Waals surface area contributed by atoms with E-state index in [2.05, 4.69) is 69.4 Å². The number of hydrogen-bond acceptors (Lipinski definition) is 3. The highest BCUT2D eigenvalue weighted by molar-refractivity contribution is 6.05. The van der Waals surface area contributed by atoms with Crippen LogP contribution in [0, 0.1) is 30.1 Å². The second kappa shape index (κ2) is 11.4. The molecule has 34 heavy (non-hydrogen) atoms. The van der Waals surface area contributed by atoms with E-state index in [4.69, 9.17) is 0 Å². The zero-order valence-electron chi connectivity index (χ0n) is 21.6. The van der Waals surface area contributed by atoms with Gasteiger partial charge in [-0.2, -0.15) is 5.26 Å². The molecule has 0 spiro atoms. The van der Waals surface area contributed by atoms with E-state index in [1.807, 2.05) is 25.2 Å². The number of allylic oxidation sites excluding steroid dienone is 7. The Morgan fingerprint density at radius 3 is 2.59 bits per heavy atom. The molecule has 0 radical (unpaired) electrons. The van der Waals surface area contributed by atoms with Gasteiger partial charge in [-0.05, 0) is 110 Å². The quantitative estimate of drug-likeness (QED) is 0.353. The number of rotatable bonds is 7. The van der Waals surface area contributed by atoms with Gasteiger partial charge in [0.15, 0.2) is 0 Å². The molecule has 1 fully saturated rings. The van der Waals surface area contributed by atoms with Crippen LogP contribution in [0.3, 0.4) is 0 Å². The maximum Gasteiger partial charge on any atom is 0.0991 e. The summed E-state index contributed by atoms with van der Waals surface area (Å²) >= 11 is 0. The van der Waals surface area contributed by atoms with Gasteiger partial charge in [-0.3, -0.25) is 4.99 Å². The molecule has 0 unspecified atom stereocenters. The van der Waals surface area contributed by atoms with Crippen LogP contribution in [0.4, 0.5) is 0 Å². The van der Waals surface area contributed by atoms with E-state index < -0.39 is 0 Å².